The molecule has 4 atom stereocenters. The van der Waals surface area contributed by atoms with Crippen LogP contribution in [0, 0.1) is 48.4 Å². The Bertz CT molecular complexity index is 4560. The topological polar surface area (TPSA) is 294 Å². The van der Waals surface area contributed by atoms with Crippen LogP contribution in [0.25, 0.3) is 33.4 Å². The van der Waals surface area contributed by atoms with E-state index in [0.29, 0.717) is 23.3 Å². The van der Waals surface area contributed by atoms with Crippen LogP contribution in [-0.4, -0.2) is 135 Å². The van der Waals surface area contributed by atoms with Crippen molar-refractivity contribution in [2.24, 2.45) is 0 Å². The number of benzene rings is 8. The molecule has 3 aliphatic rings. The number of carbonyl (C=O) groups is 7. The second-order valence-electron chi connectivity index (χ2n) is 26.6. The molecule has 11 rings (SSSR count). The zero-order valence-electron chi connectivity index (χ0n) is 62.5. The number of ether oxygens (including phenoxy) is 5. The van der Waals surface area contributed by atoms with Crippen molar-refractivity contribution in [1.82, 2.24) is 27.1 Å². The molecule has 564 valence electrons. The number of hydrogen-bond acceptors (Lipinski definition) is 16. The van der Waals surface area contributed by atoms with E-state index < -0.39 is 83.9 Å². The van der Waals surface area contributed by atoms with Crippen molar-refractivity contribution in [3.63, 3.8) is 0 Å². The van der Waals surface area contributed by atoms with Crippen molar-refractivity contribution in [2.75, 3.05) is 47.8 Å². The first-order valence-corrected chi connectivity index (χ1v) is 34.6. The second-order valence-corrected chi connectivity index (χ2v) is 26.6. The van der Waals surface area contributed by atoms with Gasteiger partial charge in [-0.3, -0.25) is 28.9 Å². The first-order valence-electron chi connectivity index (χ1n) is 34.6. The highest BCUT2D eigenvalue weighted by Gasteiger charge is 2.36. The number of esters is 1. The zero-order valence-corrected chi connectivity index (χ0v) is 62.5. The fourth-order valence-corrected chi connectivity index (χ4v) is 12.4. The summed E-state index contributed by atoms with van der Waals surface area (Å²) in [6.45, 7) is 14.8. The lowest BCUT2D eigenvalue weighted by atomic mass is 9.98. The molecule has 0 radical (unpaired) electrons. The van der Waals surface area contributed by atoms with E-state index in [2.05, 4.69) is 145 Å². The van der Waals surface area contributed by atoms with Gasteiger partial charge in [0.25, 0.3) is 17.7 Å². The van der Waals surface area contributed by atoms with Gasteiger partial charge < -0.3 is 44.5 Å². The van der Waals surface area contributed by atoms with Crippen molar-refractivity contribution >= 4 is 41.8 Å². The Morgan fingerprint density at radius 2 is 0.725 bits per heavy atom. The van der Waals surface area contributed by atoms with E-state index in [0.717, 1.165) is 22.3 Å². The van der Waals surface area contributed by atoms with Crippen molar-refractivity contribution in [3.8, 4) is 81.8 Å². The standard InChI is InChI=1S/C24H30N2O5.C20H24N2O4.C16H15NO3.C16H14O3.C11H6O2/c1-15(31-24(2,3)4)21(22(27)26-29-5)25-23(28)30-14-20-18-12-8-6-10-16(18)17-11-7-9-13-19(17)20;1-7-8-9-15-10-12-16(13-11-15)18(23)21-17(19(24)22-25-6)14(2)26-20(3,4)5;1-19-17-16(18)20-10-15-13-8-4-2-6-11(13)12-7-3-5-9-14(12)15;17-9-16(18)19-10-15-13-7-3-1-5-11(13)12-6-2-4-8-14(12)15;1-2-3-4-9-5-7-10(8-6-9)11(12)13/h6-13,15,20-21H,14H2,1-5H3,(H,25,28)(H,26,27);1,10-14,17H,2-6H3,(H,21,23)(H,22,24);2-9,15H,10H2,1H3,(H,17,18);1-8,15,17H,9-10H2;1,5-8H,(H,12,13)/t15-,21?;14-,17?;;;/m11.../s1. The van der Waals surface area contributed by atoms with Crippen LogP contribution in [0.1, 0.15) is 138 Å². The van der Waals surface area contributed by atoms with E-state index in [1.54, 1.807) is 50.2 Å². The number of aliphatic hydroxyl groups excluding tert-OH is 1. The number of hydroxylamine groups is 3. The molecule has 0 aliphatic heterocycles. The molecule has 0 fully saturated rings. The van der Waals surface area contributed by atoms with Crippen LogP contribution in [0.15, 0.2) is 194 Å². The molecule has 8 aromatic carbocycles. The third kappa shape index (κ3) is 24.3. The van der Waals surface area contributed by atoms with Crippen LogP contribution < -0.4 is 27.1 Å². The summed E-state index contributed by atoms with van der Waals surface area (Å²) in [4.78, 5) is 96.6. The second kappa shape index (κ2) is 41.0. The minimum atomic E-state index is -0.977. The van der Waals surface area contributed by atoms with Gasteiger partial charge in [-0.15, -0.1) is 12.8 Å². The molecule has 109 heavy (non-hydrogen) atoms. The van der Waals surface area contributed by atoms with Crippen molar-refractivity contribution in [2.45, 2.75) is 109 Å². The fraction of sp³-hybridized carbons (Fsp3) is 0.276. The molecule has 22 nitrogen and oxygen atoms in total. The average Bonchev–Trinajstić information content (AvgIpc) is 1.63. The Hall–Kier alpha value is -12.4. The van der Waals surface area contributed by atoms with E-state index in [1.807, 2.05) is 114 Å². The van der Waals surface area contributed by atoms with Crippen LogP contribution in [0.5, 0.6) is 0 Å². The molecule has 0 aromatic heterocycles. The first-order chi connectivity index (χ1) is 52.2. The maximum absolute atomic E-state index is 12.6. The maximum atomic E-state index is 12.6. The average molecular weight is 1480 g/mol. The highest BCUT2D eigenvalue weighted by molar-refractivity contribution is 5.98. The summed E-state index contributed by atoms with van der Waals surface area (Å²) in [5.41, 5.74) is 21.8. The molecule has 7 N–H and O–H groups in total. The highest BCUT2D eigenvalue weighted by Crippen LogP contribution is 2.47. The molecule has 0 saturated heterocycles. The number of nitrogens with one attached hydrogen (secondary N) is 5. The number of carbonyl (C=O) groups excluding carboxylic acids is 6. The van der Waals surface area contributed by atoms with Crippen LogP contribution in [0.2, 0.25) is 0 Å². The molecule has 0 bridgehead atoms. The van der Waals surface area contributed by atoms with Crippen molar-refractivity contribution < 1.29 is 82.0 Å². The number of fused-ring (bicyclic) bond motifs is 9. The Balaban J connectivity index is 0.000000194. The summed E-state index contributed by atoms with van der Waals surface area (Å²) < 4.78 is 27.5. The van der Waals surface area contributed by atoms with Gasteiger partial charge in [0.15, 0.2) is 0 Å². The van der Waals surface area contributed by atoms with E-state index in [9.17, 15) is 33.6 Å². The molecule has 0 saturated carbocycles. The van der Waals surface area contributed by atoms with Gasteiger partial charge >= 0.3 is 24.1 Å². The van der Waals surface area contributed by atoms with Crippen molar-refractivity contribution in [1.29, 1.82) is 0 Å². The number of aliphatic hydroxyl groups is 1. The quantitative estimate of drug-likeness (QED) is 0.0161. The van der Waals surface area contributed by atoms with Gasteiger partial charge in [-0.05, 0) is 194 Å². The Morgan fingerprint density at radius 1 is 0.422 bits per heavy atom. The summed E-state index contributed by atoms with van der Waals surface area (Å²) >= 11 is 0. The number of hydrogen-bond donors (Lipinski definition) is 7. The van der Waals surface area contributed by atoms with Gasteiger partial charge in [-0.2, -0.15) is 5.48 Å². The van der Waals surface area contributed by atoms with Crippen LogP contribution in [0.4, 0.5) is 9.59 Å². The van der Waals surface area contributed by atoms with Gasteiger partial charge in [0, 0.05) is 34.4 Å². The summed E-state index contributed by atoms with van der Waals surface area (Å²) in [5.74, 6) is 11.9. The van der Waals surface area contributed by atoms with E-state index in [-0.39, 0.29) is 36.5 Å². The van der Waals surface area contributed by atoms with Crippen LogP contribution in [-0.2, 0) is 52.6 Å². The lowest BCUT2D eigenvalue weighted by Crippen LogP contribution is -2.54. The molecular formula is C87H89N5O17. The van der Waals surface area contributed by atoms with Gasteiger partial charge in [0.2, 0.25) is 0 Å². The number of aromatic carboxylic acids is 1. The number of terminal acetylenes is 2. The van der Waals surface area contributed by atoms with E-state index in [1.165, 1.54) is 78.0 Å². The fourth-order valence-electron chi connectivity index (χ4n) is 12.4. The number of carboxylic acids is 1. The van der Waals surface area contributed by atoms with Crippen molar-refractivity contribution in [3.05, 3.63) is 250 Å². The Morgan fingerprint density at radius 3 is 1.03 bits per heavy atom. The van der Waals surface area contributed by atoms with E-state index >= 15 is 0 Å². The predicted octanol–water partition coefficient (Wildman–Crippen LogP) is 12.2. The van der Waals surface area contributed by atoms with Gasteiger partial charge in [-0.25, -0.2) is 30.1 Å². The summed E-state index contributed by atoms with van der Waals surface area (Å²) in [5, 5.41) is 22.6. The lowest BCUT2D eigenvalue weighted by molar-refractivity contribution is -0.147. The smallest absolute Gasteiger partial charge is 0.431 e. The Kier molecular flexibility index (Phi) is 31.5. The minimum absolute atomic E-state index is 0.0582. The third-order valence-electron chi connectivity index (χ3n) is 16.8. The van der Waals surface area contributed by atoms with Crippen LogP contribution in [0.3, 0.4) is 0 Å². The molecule has 8 aromatic rings. The zero-order chi connectivity index (χ0) is 79.2. The highest BCUT2D eigenvalue weighted by atomic mass is 16.7. The van der Waals surface area contributed by atoms with Crippen LogP contribution >= 0.6 is 0 Å². The molecule has 2 unspecified atom stereocenters. The third-order valence-corrected chi connectivity index (χ3v) is 16.8. The first kappa shape index (κ1) is 83.9. The molecule has 0 spiro atoms. The maximum Gasteiger partial charge on any atom is 0.431 e. The molecule has 5 amide bonds. The van der Waals surface area contributed by atoms with E-state index in [4.69, 9.17) is 51.6 Å². The predicted molar refractivity (Wildman–Crippen MR) is 412 cm³/mol. The largest absolute Gasteiger partial charge is 0.478 e. The SMILES string of the molecule is C#CC#Cc1ccc(C(=O)NC(C(=O)NOC)[C@@H](C)OC(C)(C)C)cc1.C#CC#Cc1ccc(C(=O)O)cc1.CONC(=O)C(NC(=O)OCC1c2ccccc2-c2ccccc21)[C@@H](C)OC(C)(C)C.CONC(=O)OCC1c2ccccc2-c2ccccc21.O=C(CO)OCC1c2ccccc2-c2ccccc21. The lowest BCUT2D eigenvalue weighted by Gasteiger charge is -2.30. The molecule has 0 heterocycles. The number of amides is 5. The minimum Gasteiger partial charge on any atom is -0.478 e. The van der Waals surface area contributed by atoms with Gasteiger partial charge in [0.1, 0.15) is 38.5 Å². The van der Waals surface area contributed by atoms with Gasteiger partial charge in [-0.1, -0.05) is 157 Å². The number of alkyl carbamates (subject to hydrolysis) is 1. The molecule has 22 heteroatoms. The normalized spacial score (nSPS) is 12.8. The number of carboxylic acid groups (broad SMARTS) is 1. The summed E-state index contributed by atoms with van der Waals surface area (Å²) in [6, 6.07) is 59.8. The monoisotopic (exact) mass is 1480 g/mol. The summed E-state index contributed by atoms with van der Waals surface area (Å²) in [7, 11) is 4.03. The number of rotatable bonds is 20. The molecular weight excluding hydrogens is 1390 g/mol. The molecule has 3 aliphatic carbocycles. The Labute approximate surface area is 635 Å². The summed E-state index contributed by atoms with van der Waals surface area (Å²) in [6.07, 6.45) is 7.58. The van der Waals surface area contributed by atoms with Gasteiger partial charge in [0.05, 0.1) is 50.3 Å².